The van der Waals surface area contributed by atoms with Gasteiger partial charge >= 0.3 is 0 Å². The molecule has 0 aliphatic carbocycles. The van der Waals surface area contributed by atoms with Crippen molar-refractivity contribution < 1.29 is 13.9 Å². The zero-order valence-corrected chi connectivity index (χ0v) is 19.1. The summed E-state index contributed by atoms with van der Waals surface area (Å²) in [4.78, 5) is 28.9. The van der Waals surface area contributed by atoms with E-state index in [1.54, 1.807) is 23.1 Å². The van der Waals surface area contributed by atoms with Gasteiger partial charge in [0.2, 0.25) is 5.76 Å². The highest BCUT2D eigenvalue weighted by molar-refractivity contribution is 6.31. The summed E-state index contributed by atoms with van der Waals surface area (Å²) in [6.45, 7) is 4.55. The van der Waals surface area contributed by atoms with Gasteiger partial charge in [-0.2, -0.15) is 0 Å². The minimum absolute atomic E-state index is 0.0632. The first-order valence-electron chi connectivity index (χ1n) is 10.9. The lowest BCUT2D eigenvalue weighted by molar-refractivity contribution is 0.0971. The van der Waals surface area contributed by atoms with Crippen LogP contribution >= 0.6 is 11.6 Å². The van der Waals surface area contributed by atoms with Gasteiger partial charge in [0.05, 0.1) is 23.6 Å². The highest BCUT2D eigenvalue weighted by atomic mass is 35.5. The molecular weight excluding hydrogens is 438 g/mol. The van der Waals surface area contributed by atoms with Crippen LogP contribution < -0.4 is 15.1 Å². The number of halogens is 1. The quantitative estimate of drug-likeness (QED) is 0.358. The third kappa shape index (κ3) is 3.58. The van der Waals surface area contributed by atoms with Gasteiger partial charge < -0.3 is 9.15 Å². The molecule has 0 saturated carbocycles. The standard InChI is InChI=1S/C27H22ClNO4/c1-3-16-5-10-19(11-6-16)29-24(17-7-12-20(13-8-17)32-4-2)23-25(30)21-15-18(28)9-14-22(21)33-26(23)27(29)31/h5-15,24H,3-4H2,1-2H3. The van der Waals surface area contributed by atoms with Crippen LogP contribution in [-0.2, 0) is 6.42 Å². The summed E-state index contributed by atoms with van der Waals surface area (Å²) in [5, 5.41) is 0.789. The average molecular weight is 460 g/mol. The number of ether oxygens (including phenoxy) is 1. The monoisotopic (exact) mass is 459 g/mol. The number of carbonyl (C=O) groups excluding carboxylic acids is 1. The Morgan fingerprint density at radius 3 is 2.36 bits per heavy atom. The van der Waals surface area contributed by atoms with Crippen LogP contribution in [0.5, 0.6) is 5.75 Å². The fraction of sp³-hybridized carbons (Fsp3) is 0.185. The maximum atomic E-state index is 13.6. The molecule has 0 bridgehead atoms. The maximum Gasteiger partial charge on any atom is 0.295 e. The third-order valence-electron chi connectivity index (χ3n) is 5.96. The number of amides is 1. The number of aryl methyl sites for hydroxylation is 1. The fourth-order valence-electron chi connectivity index (χ4n) is 4.33. The number of nitrogens with zero attached hydrogens (tertiary/aromatic N) is 1. The minimum atomic E-state index is -0.629. The molecule has 33 heavy (non-hydrogen) atoms. The molecule has 5 nitrogen and oxygen atoms in total. The molecule has 1 aromatic heterocycles. The average Bonchev–Trinajstić information content (AvgIpc) is 3.13. The highest BCUT2D eigenvalue weighted by Gasteiger charge is 2.43. The molecule has 5 rings (SSSR count). The Balaban J connectivity index is 1.74. The van der Waals surface area contributed by atoms with Crippen LogP contribution in [0.15, 0.2) is 75.9 Å². The molecule has 2 heterocycles. The molecule has 6 heteroatoms. The summed E-state index contributed by atoms with van der Waals surface area (Å²) in [5.41, 5.74) is 3.05. The Hall–Kier alpha value is -3.57. The van der Waals surface area contributed by atoms with Gasteiger partial charge in [-0.15, -0.1) is 0 Å². The number of rotatable bonds is 5. The van der Waals surface area contributed by atoms with E-state index in [2.05, 4.69) is 6.92 Å². The van der Waals surface area contributed by atoms with Crippen molar-refractivity contribution >= 4 is 34.2 Å². The molecule has 1 aliphatic heterocycles. The molecule has 3 aromatic carbocycles. The Kier molecular flexibility index (Phi) is 5.43. The molecule has 1 aliphatic rings. The normalized spacial score (nSPS) is 15.2. The zero-order chi connectivity index (χ0) is 23.1. The molecule has 0 fully saturated rings. The summed E-state index contributed by atoms with van der Waals surface area (Å²) in [6.07, 6.45) is 0.892. The molecule has 0 radical (unpaired) electrons. The summed E-state index contributed by atoms with van der Waals surface area (Å²) < 4.78 is 11.6. The van der Waals surface area contributed by atoms with Crippen molar-refractivity contribution in [2.24, 2.45) is 0 Å². The lowest BCUT2D eigenvalue weighted by Gasteiger charge is -2.25. The molecular formula is C27H22ClNO4. The zero-order valence-electron chi connectivity index (χ0n) is 18.3. The van der Waals surface area contributed by atoms with Gasteiger partial charge in [0.25, 0.3) is 5.91 Å². The molecule has 1 amide bonds. The molecule has 1 atom stereocenters. The van der Waals surface area contributed by atoms with Crippen molar-refractivity contribution in [1.29, 1.82) is 0 Å². The van der Waals surface area contributed by atoms with E-state index in [4.69, 9.17) is 20.8 Å². The Morgan fingerprint density at radius 2 is 1.70 bits per heavy atom. The van der Waals surface area contributed by atoms with Gasteiger partial charge in [0, 0.05) is 10.7 Å². The largest absolute Gasteiger partial charge is 0.494 e. The highest BCUT2D eigenvalue weighted by Crippen LogP contribution is 2.41. The first-order valence-corrected chi connectivity index (χ1v) is 11.3. The molecule has 166 valence electrons. The summed E-state index contributed by atoms with van der Waals surface area (Å²) in [5.74, 6) is 0.442. The lowest BCUT2D eigenvalue weighted by atomic mass is 9.98. The van der Waals surface area contributed by atoms with E-state index in [-0.39, 0.29) is 17.1 Å². The van der Waals surface area contributed by atoms with E-state index in [1.165, 1.54) is 0 Å². The first-order chi connectivity index (χ1) is 16.0. The van der Waals surface area contributed by atoms with E-state index in [0.717, 1.165) is 23.3 Å². The second-order valence-electron chi connectivity index (χ2n) is 7.91. The number of carbonyl (C=O) groups is 1. The van der Waals surface area contributed by atoms with Crippen LogP contribution in [0.25, 0.3) is 11.0 Å². The van der Waals surface area contributed by atoms with Crippen molar-refractivity contribution in [3.05, 3.63) is 104 Å². The van der Waals surface area contributed by atoms with Crippen molar-refractivity contribution in [2.75, 3.05) is 11.5 Å². The van der Waals surface area contributed by atoms with Crippen molar-refractivity contribution in [3.63, 3.8) is 0 Å². The van der Waals surface area contributed by atoms with Crippen molar-refractivity contribution in [3.8, 4) is 5.75 Å². The van der Waals surface area contributed by atoms with E-state index in [0.29, 0.717) is 33.8 Å². The molecule has 0 saturated heterocycles. The number of benzene rings is 3. The molecule has 0 spiro atoms. The Bertz CT molecular complexity index is 1410. The van der Waals surface area contributed by atoms with Crippen molar-refractivity contribution in [2.45, 2.75) is 26.3 Å². The second kappa shape index (κ2) is 8.41. The van der Waals surface area contributed by atoms with Crippen LogP contribution in [-0.4, -0.2) is 12.5 Å². The topological polar surface area (TPSA) is 59.8 Å². The Morgan fingerprint density at radius 1 is 0.970 bits per heavy atom. The minimum Gasteiger partial charge on any atom is -0.494 e. The van der Waals surface area contributed by atoms with Crippen molar-refractivity contribution in [1.82, 2.24) is 0 Å². The van der Waals surface area contributed by atoms with Crippen LogP contribution in [0.3, 0.4) is 0 Å². The predicted octanol–water partition coefficient (Wildman–Crippen LogP) is 6.16. The van der Waals surface area contributed by atoms with Gasteiger partial charge in [-0.25, -0.2) is 0 Å². The number of hydrogen-bond acceptors (Lipinski definition) is 4. The molecule has 4 aromatic rings. The number of anilines is 1. The van der Waals surface area contributed by atoms with Crippen LogP contribution in [0.2, 0.25) is 5.02 Å². The lowest BCUT2D eigenvalue weighted by Crippen LogP contribution is -2.29. The van der Waals surface area contributed by atoms with Crippen LogP contribution in [0.1, 0.15) is 47.1 Å². The second-order valence-corrected chi connectivity index (χ2v) is 8.35. The van der Waals surface area contributed by atoms with Gasteiger partial charge in [-0.05, 0) is 66.9 Å². The van der Waals surface area contributed by atoms with E-state index < -0.39 is 6.04 Å². The van der Waals surface area contributed by atoms with Gasteiger partial charge in [0.1, 0.15) is 11.3 Å². The molecule has 1 unspecified atom stereocenters. The van der Waals surface area contributed by atoms with Gasteiger partial charge in [-0.1, -0.05) is 42.8 Å². The first kappa shape index (κ1) is 21.3. The smallest absolute Gasteiger partial charge is 0.295 e. The summed E-state index contributed by atoms with van der Waals surface area (Å²) >= 11 is 6.15. The van der Waals surface area contributed by atoms with Crippen LogP contribution in [0.4, 0.5) is 5.69 Å². The summed E-state index contributed by atoms with van der Waals surface area (Å²) in [7, 11) is 0. The van der Waals surface area contributed by atoms with Crippen LogP contribution in [0, 0.1) is 0 Å². The molecule has 0 N–H and O–H groups in total. The van der Waals surface area contributed by atoms with E-state index in [9.17, 15) is 9.59 Å². The SMILES string of the molecule is CCOc1ccc(C2c3c(oc4ccc(Cl)cc4c3=O)C(=O)N2c2ccc(CC)cc2)cc1. The number of fused-ring (bicyclic) bond motifs is 2. The predicted molar refractivity (Wildman–Crippen MR) is 130 cm³/mol. The Labute approximate surface area is 196 Å². The van der Waals surface area contributed by atoms with E-state index >= 15 is 0 Å². The van der Waals surface area contributed by atoms with Gasteiger partial charge in [0.15, 0.2) is 5.43 Å². The third-order valence-corrected chi connectivity index (χ3v) is 6.20. The maximum absolute atomic E-state index is 13.6. The summed E-state index contributed by atoms with van der Waals surface area (Å²) in [6, 6.07) is 19.5. The van der Waals surface area contributed by atoms with E-state index in [1.807, 2.05) is 55.5 Å². The van der Waals surface area contributed by atoms with Gasteiger partial charge in [-0.3, -0.25) is 14.5 Å². The fourth-order valence-corrected chi connectivity index (χ4v) is 4.50. The number of hydrogen-bond donors (Lipinski definition) is 0.